The van der Waals surface area contributed by atoms with Crippen LogP contribution in [0.15, 0.2) is 176 Å². The van der Waals surface area contributed by atoms with E-state index in [0.29, 0.717) is 0 Å². The maximum Gasteiger partial charge on any atom is -0.00195 e. The molecule has 2 aliphatic carbocycles. The van der Waals surface area contributed by atoms with Gasteiger partial charge in [-0.1, -0.05) is 146 Å². The molecule has 0 N–H and O–H groups in total. The van der Waals surface area contributed by atoms with Crippen molar-refractivity contribution in [2.45, 2.75) is 6.92 Å². The Morgan fingerprint density at radius 3 is 1.60 bits per heavy atom. The molecule has 0 spiro atoms. The van der Waals surface area contributed by atoms with Crippen molar-refractivity contribution in [2.75, 3.05) is 0 Å². The molecular formula is C53H34. The summed E-state index contributed by atoms with van der Waals surface area (Å²) in [4.78, 5) is 0. The molecule has 0 amide bonds. The molecule has 0 radical (unpaired) electrons. The van der Waals surface area contributed by atoms with Gasteiger partial charge < -0.3 is 0 Å². The van der Waals surface area contributed by atoms with E-state index in [4.69, 9.17) is 0 Å². The third-order valence-electron chi connectivity index (χ3n) is 11.6. The average Bonchev–Trinajstić information content (AvgIpc) is 3.54. The number of hydrogen-bond donors (Lipinski definition) is 0. The van der Waals surface area contributed by atoms with Crippen molar-refractivity contribution in [3.63, 3.8) is 0 Å². The number of fused-ring (bicyclic) bond motifs is 11. The molecule has 53 heavy (non-hydrogen) atoms. The Morgan fingerprint density at radius 2 is 0.830 bits per heavy atom. The summed E-state index contributed by atoms with van der Waals surface area (Å²) in [5.41, 5.74) is 21.5. The van der Waals surface area contributed by atoms with Crippen LogP contribution in [0, 0.1) is 6.92 Å². The molecule has 0 unspecified atom stereocenters. The van der Waals surface area contributed by atoms with Gasteiger partial charge in [0.2, 0.25) is 0 Å². The third-order valence-corrected chi connectivity index (χ3v) is 11.6. The molecule has 0 heterocycles. The van der Waals surface area contributed by atoms with Crippen molar-refractivity contribution in [2.24, 2.45) is 0 Å². The van der Waals surface area contributed by atoms with E-state index in [9.17, 15) is 0 Å². The number of benzene rings is 9. The summed E-state index contributed by atoms with van der Waals surface area (Å²) in [6.07, 6.45) is 4.58. The zero-order valence-corrected chi connectivity index (χ0v) is 29.4. The van der Waals surface area contributed by atoms with Gasteiger partial charge >= 0.3 is 0 Å². The monoisotopic (exact) mass is 670 g/mol. The van der Waals surface area contributed by atoms with E-state index in [-0.39, 0.29) is 0 Å². The maximum atomic E-state index is 2.46. The van der Waals surface area contributed by atoms with E-state index >= 15 is 0 Å². The Morgan fingerprint density at radius 1 is 0.283 bits per heavy atom. The second-order valence-corrected chi connectivity index (χ2v) is 14.5. The van der Waals surface area contributed by atoms with Crippen LogP contribution in [0.25, 0.3) is 112 Å². The summed E-state index contributed by atoms with van der Waals surface area (Å²) in [5.74, 6) is 0. The molecule has 0 saturated heterocycles. The molecular weight excluding hydrogens is 637 g/mol. The van der Waals surface area contributed by atoms with Gasteiger partial charge in [-0.15, -0.1) is 0 Å². The minimum Gasteiger partial charge on any atom is -0.0622 e. The largest absolute Gasteiger partial charge is 0.0622 e. The summed E-state index contributed by atoms with van der Waals surface area (Å²) >= 11 is 0. The Bertz CT molecular complexity index is 2980. The van der Waals surface area contributed by atoms with E-state index in [1.54, 1.807) is 0 Å². The van der Waals surface area contributed by atoms with E-state index in [1.165, 1.54) is 116 Å². The first-order valence-corrected chi connectivity index (χ1v) is 18.5. The van der Waals surface area contributed by atoms with E-state index < -0.39 is 0 Å². The fourth-order valence-corrected chi connectivity index (χ4v) is 8.90. The van der Waals surface area contributed by atoms with E-state index in [0.717, 1.165) is 0 Å². The first-order valence-electron chi connectivity index (χ1n) is 18.5. The third kappa shape index (κ3) is 4.69. The highest BCUT2D eigenvalue weighted by atomic mass is 14.3. The van der Waals surface area contributed by atoms with Crippen LogP contribution in [0.1, 0.15) is 16.7 Å². The fourth-order valence-electron chi connectivity index (χ4n) is 8.90. The molecule has 0 fully saturated rings. The first kappa shape index (κ1) is 29.9. The molecule has 2 aliphatic rings. The molecule has 246 valence electrons. The van der Waals surface area contributed by atoms with Crippen LogP contribution < -0.4 is 0 Å². The van der Waals surface area contributed by atoms with Crippen LogP contribution in [-0.4, -0.2) is 0 Å². The summed E-state index contributed by atoms with van der Waals surface area (Å²) in [7, 11) is 0. The maximum absolute atomic E-state index is 2.46. The van der Waals surface area contributed by atoms with Gasteiger partial charge in [0.05, 0.1) is 0 Å². The summed E-state index contributed by atoms with van der Waals surface area (Å²) in [5, 5.41) is 5.23. The molecule has 0 heteroatoms. The minimum absolute atomic E-state index is 1.22. The van der Waals surface area contributed by atoms with Gasteiger partial charge in [0, 0.05) is 0 Å². The minimum atomic E-state index is 1.22. The molecule has 9 aromatic carbocycles. The van der Waals surface area contributed by atoms with Crippen molar-refractivity contribution >= 4 is 33.7 Å². The summed E-state index contributed by atoms with van der Waals surface area (Å²) in [6, 6.07) is 65.4. The van der Waals surface area contributed by atoms with Crippen LogP contribution in [-0.2, 0) is 0 Å². The van der Waals surface area contributed by atoms with Crippen molar-refractivity contribution in [3.8, 4) is 77.9 Å². The molecule has 0 nitrogen and oxygen atoms in total. The Labute approximate surface area is 310 Å². The second kappa shape index (κ2) is 11.6. The van der Waals surface area contributed by atoms with Gasteiger partial charge in [-0.05, 0) is 166 Å². The van der Waals surface area contributed by atoms with Gasteiger partial charge in [0.1, 0.15) is 0 Å². The Kier molecular flexibility index (Phi) is 6.57. The van der Waals surface area contributed by atoms with Gasteiger partial charge in [0.25, 0.3) is 0 Å². The van der Waals surface area contributed by atoms with Crippen LogP contribution in [0.4, 0.5) is 0 Å². The molecule has 11 rings (SSSR count). The van der Waals surface area contributed by atoms with Crippen LogP contribution in [0.3, 0.4) is 0 Å². The van der Waals surface area contributed by atoms with Crippen molar-refractivity contribution in [3.05, 3.63) is 193 Å². The molecule has 0 saturated carbocycles. The van der Waals surface area contributed by atoms with Gasteiger partial charge in [-0.25, -0.2) is 0 Å². The highest BCUT2D eigenvalue weighted by molar-refractivity contribution is 6.24. The second-order valence-electron chi connectivity index (χ2n) is 14.5. The Balaban J connectivity index is 1.21. The smallest absolute Gasteiger partial charge is 0.00195 e. The van der Waals surface area contributed by atoms with Crippen LogP contribution in [0.5, 0.6) is 0 Å². The van der Waals surface area contributed by atoms with Gasteiger partial charge in [0.15, 0.2) is 0 Å². The predicted molar refractivity (Wildman–Crippen MR) is 227 cm³/mol. The lowest BCUT2D eigenvalue weighted by molar-refractivity contribution is 1.44. The summed E-state index contributed by atoms with van der Waals surface area (Å²) < 4.78 is 0. The van der Waals surface area contributed by atoms with Gasteiger partial charge in [-0.3, -0.25) is 0 Å². The van der Waals surface area contributed by atoms with Crippen LogP contribution >= 0.6 is 0 Å². The quantitative estimate of drug-likeness (QED) is 0.164. The standard InChI is InChI=1S/C53H34/c1-33-46-29-41(30-47(33)48-26-38(34-12-4-2-5-13-34)23-22-37(48)21-20-36-16-8-10-18-43(36)46)42-31-50-44-19-11-9-17-40(44)28-51-45-25-24-39(35-14-6-3-7-15-35)27-49(45)52(32-42)53(50)51/h2-32H,1H3/b21-20-. The van der Waals surface area contributed by atoms with Crippen LogP contribution in [0.2, 0.25) is 0 Å². The predicted octanol–water partition coefficient (Wildman–Crippen LogP) is 14.8. The average molecular weight is 671 g/mol. The zero-order valence-electron chi connectivity index (χ0n) is 29.4. The topological polar surface area (TPSA) is 0 Å². The SMILES string of the molecule is Cc1c2cc(-c3cc4c5c(cc6ccccc6c5c3)-c3ccc(-c5ccccc5)cc3-4)cc1-c1cc(-c3ccccc3)ccc1/C=C\c1ccccc1-2. The van der Waals surface area contributed by atoms with Crippen molar-refractivity contribution < 1.29 is 0 Å². The lowest BCUT2D eigenvalue weighted by Crippen LogP contribution is -1.94. The van der Waals surface area contributed by atoms with Crippen molar-refractivity contribution in [1.29, 1.82) is 0 Å². The van der Waals surface area contributed by atoms with E-state index in [1.807, 2.05) is 0 Å². The lowest BCUT2D eigenvalue weighted by atomic mass is 9.85. The molecule has 0 aliphatic heterocycles. The number of hydrogen-bond acceptors (Lipinski definition) is 0. The van der Waals surface area contributed by atoms with Gasteiger partial charge in [-0.2, -0.15) is 0 Å². The number of rotatable bonds is 3. The molecule has 2 bridgehead atoms. The van der Waals surface area contributed by atoms with E-state index in [2.05, 4.69) is 195 Å². The summed E-state index contributed by atoms with van der Waals surface area (Å²) in [6.45, 7) is 2.30. The normalized spacial score (nSPS) is 12.8. The highest BCUT2D eigenvalue weighted by Crippen LogP contribution is 2.52. The molecule has 0 atom stereocenters. The lowest BCUT2D eigenvalue weighted by Gasteiger charge is -2.19. The molecule has 9 aromatic rings. The van der Waals surface area contributed by atoms with Crippen molar-refractivity contribution in [1.82, 2.24) is 0 Å². The first-order chi connectivity index (χ1) is 26.2. The highest BCUT2D eigenvalue weighted by Gasteiger charge is 2.25. The molecule has 0 aromatic heterocycles. The zero-order chi connectivity index (χ0) is 35.0. The fraction of sp³-hybridized carbons (Fsp3) is 0.0189. The Hall–Kier alpha value is -6.76.